The second-order valence-electron chi connectivity index (χ2n) is 7.92. The Kier molecular flexibility index (Phi) is 6.35. The lowest BCUT2D eigenvalue weighted by atomic mass is 9.88. The fourth-order valence-corrected chi connectivity index (χ4v) is 4.87. The van der Waals surface area contributed by atoms with Crippen LogP contribution in [0.5, 0.6) is 0 Å². The molecule has 2 aliphatic carbocycles. The quantitative estimate of drug-likeness (QED) is 0.865. The lowest BCUT2D eigenvalue weighted by Gasteiger charge is -2.43. The average Bonchev–Trinajstić information content (AvgIpc) is 2.57. The summed E-state index contributed by atoms with van der Waals surface area (Å²) in [6.45, 7) is 2.16. The molecule has 3 aliphatic rings. The number of amides is 1. The van der Waals surface area contributed by atoms with E-state index in [1.165, 1.54) is 64.2 Å². The summed E-state index contributed by atoms with van der Waals surface area (Å²) in [5.74, 6) is 0.331. The van der Waals surface area contributed by atoms with Crippen LogP contribution < -0.4 is 0 Å². The van der Waals surface area contributed by atoms with Crippen LogP contribution in [-0.2, 0) is 4.79 Å². The van der Waals surface area contributed by atoms with Gasteiger partial charge in [0.05, 0.1) is 12.6 Å². The smallest absolute Gasteiger partial charge is 0.237 e. The summed E-state index contributed by atoms with van der Waals surface area (Å²) < 4.78 is 0. The summed E-state index contributed by atoms with van der Waals surface area (Å²) in [7, 11) is 0. The standard InChI is InChI=1S/C19H34N2O2/c22-18-12-7-13-20(14-18)15-19(23)21(16-8-3-1-4-9-16)17-10-5-2-6-11-17/h16-18,22H,1-15H2/t18-/m1/s1. The van der Waals surface area contributed by atoms with Crippen molar-refractivity contribution in [3.63, 3.8) is 0 Å². The molecule has 3 rings (SSSR count). The predicted molar refractivity (Wildman–Crippen MR) is 92.3 cm³/mol. The Morgan fingerprint density at radius 2 is 1.43 bits per heavy atom. The number of β-amino-alcohol motifs (C(OH)–C–C–N with tert-alkyl or cyclic N) is 1. The van der Waals surface area contributed by atoms with Gasteiger partial charge in [-0.1, -0.05) is 38.5 Å². The van der Waals surface area contributed by atoms with Gasteiger partial charge in [-0.15, -0.1) is 0 Å². The third-order valence-corrected chi connectivity index (χ3v) is 6.06. The van der Waals surface area contributed by atoms with Gasteiger partial charge in [0.25, 0.3) is 0 Å². The van der Waals surface area contributed by atoms with Gasteiger partial charge in [0.2, 0.25) is 5.91 Å². The van der Waals surface area contributed by atoms with Crippen molar-refractivity contribution in [2.75, 3.05) is 19.6 Å². The Balaban J connectivity index is 1.64. The van der Waals surface area contributed by atoms with E-state index in [4.69, 9.17) is 0 Å². The molecule has 4 nitrogen and oxygen atoms in total. The van der Waals surface area contributed by atoms with Crippen LogP contribution in [0.3, 0.4) is 0 Å². The van der Waals surface area contributed by atoms with Gasteiger partial charge in [-0.2, -0.15) is 0 Å². The van der Waals surface area contributed by atoms with Crippen molar-refractivity contribution in [2.24, 2.45) is 0 Å². The minimum absolute atomic E-state index is 0.241. The largest absolute Gasteiger partial charge is 0.392 e. The first-order chi connectivity index (χ1) is 11.2. The summed E-state index contributed by atoms with van der Waals surface area (Å²) in [6.07, 6.45) is 14.3. The Morgan fingerprint density at radius 3 is 1.96 bits per heavy atom. The Bertz CT molecular complexity index is 358. The van der Waals surface area contributed by atoms with Gasteiger partial charge in [0.1, 0.15) is 0 Å². The fraction of sp³-hybridized carbons (Fsp3) is 0.947. The van der Waals surface area contributed by atoms with Crippen LogP contribution >= 0.6 is 0 Å². The molecule has 1 N–H and O–H groups in total. The number of hydrogen-bond donors (Lipinski definition) is 1. The highest BCUT2D eigenvalue weighted by atomic mass is 16.3. The van der Waals surface area contributed by atoms with Crippen LogP contribution in [0.15, 0.2) is 0 Å². The molecule has 1 aliphatic heterocycles. The van der Waals surface area contributed by atoms with Gasteiger partial charge in [0.15, 0.2) is 0 Å². The number of carbonyl (C=O) groups excluding carboxylic acids is 1. The second kappa shape index (κ2) is 8.48. The van der Waals surface area contributed by atoms with Crippen molar-refractivity contribution >= 4 is 5.91 Å². The number of carbonyl (C=O) groups is 1. The molecule has 1 heterocycles. The average molecular weight is 322 g/mol. The molecule has 2 saturated carbocycles. The molecule has 0 aromatic carbocycles. The molecule has 132 valence electrons. The van der Waals surface area contributed by atoms with Gasteiger partial charge in [-0.05, 0) is 45.1 Å². The molecule has 1 atom stereocenters. The van der Waals surface area contributed by atoms with E-state index < -0.39 is 0 Å². The summed E-state index contributed by atoms with van der Waals surface area (Å²) in [5, 5.41) is 9.86. The SMILES string of the molecule is O=C(CN1CCC[C@@H](O)C1)N(C1CCCCC1)C1CCCCC1. The topological polar surface area (TPSA) is 43.8 Å². The molecule has 0 aromatic heterocycles. The molecule has 3 fully saturated rings. The van der Waals surface area contributed by atoms with Gasteiger partial charge in [-0.3, -0.25) is 9.69 Å². The van der Waals surface area contributed by atoms with E-state index in [2.05, 4.69) is 9.80 Å². The number of likely N-dealkylation sites (tertiary alicyclic amines) is 1. The van der Waals surface area contributed by atoms with Crippen LogP contribution in [0.4, 0.5) is 0 Å². The van der Waals surface area contributed by atoms with E-state index in [-0.39, 0.29) is 6.10 Å². The lowest BCUT2D eigenvalue weighted by Crippen LogP contribution is -2.53. The zero-order valence-corrected chi connectivity index (χ0v) is 14.6. The Labute approximate surface area is 141 Å². The van der Waals surface area contributed by atoms with Crippen molar-refractivity contribution in [3.05, 3.63) is 0 Å². The molecule has 0 spiro atoms. The van der Waals surface area contributed by atoms with E-state index in [0.29, 0.717) is 31.1 Å². The summed E-state index contributed by atoms with van der Waals surface area (Å²) in [6, 6.07) is 0.961. The first-order valence-electron chi connectivity index (χ1n) is 9.95. The maximum atomic E-state index is 13.1. The molecule has 1 amide bonds. The minimum Gasteiger partial charge on any atom is -0.392 e. The van der Waals surface area contributed by atoms with Crippen LogP contribution in [0.25, 0.3) is 0 Å². The van der Waals surface area contributed by atoms with E-state index >= 15 is 0 Å². The van der Waals surface area contributed by atoms with Crippen molar-refractivity contribution in [1.29, 1.82) is 0 Å². The van der Waals surface area contributed by atoms with E-state index in [9.17, 15) is 9.90 Å². The monoisotopic (exact) mass is 322 g/mol. The summed E-state index contributed by atoms with van der Waals surface area (Å²) in [4.78, 5) is 17.6. The van der Waals surface area contributed by atoms with E-state index in [1.807, 2.05) is 0 Å². The zero-order chi connectivity index (χ0) is 16.1. The molecule has 0 aromatic rings. The highest BCUT2D eigenvalue weighted by Crippen LogP contribution is 2.30. The van der Waals surface area contributed by atoms with Crippen LogP contribution in [0, 0.1) is 0 Å². The summed E-state index contributed by atoms with van der Waals surface area (Å²) >= 11 is 0. The zero-order valence-electron chi connectivity index (χ0n) is 14.6. The first kappa shape index (κ1) is 17.2. The Hall–Kier alpha value is -0.610. The predicted octanol–water partition coefficient (Wildman–Crippen LogP) is 2.94. The van der Waals surface area contributed by atoms with E-state index in [0.717, 1.165) is 19.4 Å². The van der Waals surface area contributed by atoms with Crippen LogP contribution in [0.2, 0.25) is 0 Å². The normalized spacial score (nSPS) is 28.7. The number of rotatable bonds is 4. The van der Waals surface area contributed by atoms with Crippen molar-refractivity contribution < 1.29 is 9.90 Å². The first-order valence-corrected chi connectivity index (χ1v) is 9.95. The molecule has 23 heavy (non-hydrogen) atoms. The second-order valence-corrected chi connectivity index (χ2v) is 7.92. The highest BCUT2D eigenvalue weighted by molar-refractivity contribution is 5.79. The number of nitrogens with zero attached hydrogens (tertiary/aromatic N) is 2. The van der Waals surface area contributed by atoms with Crippen molar-refractivity contribution in [3.8, 4) is 0 Å². The molecular weight excluding hydrogens is 288 g/mol. The third kappa shape index (κ3) is 4.69. The maximum absolute atomic E-state index is 13.1. The van der Waals surface area contributed by atoms with Gasteiger partial charge in [0, 0.05) is 18.6 Å². The van der Waals surface area contributed by atoms with Crippen molar-refractivity contribution in [2.45, 2.75) is 95.2 Å². The molecule has 4 heteroatoms. The third-order valence-electron chi connectivity index (χ3n) is 6.06. The number of piperidine rings is 1. The lowest BCUT2D eigenvalue weighted by molar-refractivity contribution is -0.140. The number of aliphatic hydroxyl groups excluding tert-OH is 1. The number of aliphatic hydroxyl groups is 1. The van der Waals surface area contributed by atoms with Crippen LogP contribution in [0.1, 0.15) is 77.0 Å². The maximum Gasteiger partial charge on any atom is 0.237 e. The number of hydrogen-bond acceptors (Lipinski definition) is 3. The van der Waals surface area contributed by atoms with Crippen LogP contribution in [-0.4, -0.2) is 58.6 Å². The minimum atomic E-state index is -0.241. The summed E-state index contributed by atoms with van der Waals surface area (Å²) in [5.41, 5.74) is 0. The molecular formula is C19H34N2O2. The van der Waals surface area contributed by atoms with Gasteiger partial charge >= 0.3 is 0 Å². The van der Waals surface area contributed by atoms with E-state index in [1.54, 1.807) is 0 Å². The highest BCUT2D eigenvalue weighted by Gasteiger charge is 2.33. The van der Waals surface area contributed by atoms with Gasteiger partial charge < -0.3 is 10.0 Å². The van der Waals surface area contributed by atoms with Crippen molar-refractivity contribution in [1.82, 2.24) is 9.80 Å². The molecule has 1 saturated heterocycles. The fourth-order valence-electron chi connectivity index (χ4n) is 4.87. The van der Waals surface area contributed by atoms with Gasteiger partial charge in [-0.25, -0.2) is 0 Å². The Morgan fingerprint density at radius 1 is 0.870 bits per heavy atom. The molecule has 0 bridgehead atoms. The molecule has 0 unspecified atom stereocenters. The molecule has 0 radical (unpaired) electrons.